The van der Waals surface area contributed by atoms with Crippen molar-refractivity contribution in [3.63, 3.8) is 0 Å². The second kappa shape index (κ2) is 10.3. The van der Waals surface area contributed by atoms with E-state index in [1.54, 1.807) is 4.57 Å². The van der Waals surface area contributed by atoms with Gasteiger partial charge in [-0.15, -0.1) is 0 Å². The standard InChI is InChI=1S/C32H31N3O2S/c1-22-11-10-15-25(19-22)35-30(37)28-29(34-31(35)38-21-27(36)33-24-13-4-2-5-14-24)26-16-7-6-12-23(26)20-32(28)17-8-3-9-18-32/h2,4-7,10-16,19H,3,8-9,17-18,20-21H2,1H3,(H,33,36). The molecule has 0 bridgehead atoms. The van der Waals surface area contributed by atoms with E-state index < -0.39 is 0 Å². The molecule has 1 heterocycles. The predicted molar refractivity (Wildman–Crippen MR) is 154 cm³/mol. The van der Waals surface area contributed by atoms with Gasteiger partial charge in [0.2, 0.25) is 5.91 Å². The maximum Gasteiger partial charge on any atom is 0.263 e. The van der Waals surface area contributed by atoms with E-state index in [0.717, 1.165) is 65.9 Å². The van der Waals surface area contributed by atoms with Crippen LogP contribution in [0, 0.1) is 6.92 Å². The SMILES string of the molecule is Cc1cccc(-n2c(SCC(=O)Nc3ccccc3)nc3c(c2=O)C2(CCCCC2)Cc2ccccc2-3)c1. The third-order valence-electron chi connectivity index (χ3n) is 7.84. The molecule has 1 fully saturated rings. The minimum atomic E-state index is -0.189. The third-order valence-corrected chi connectivity index (χ3v) is 8.78. The number of hydrogen-bond acceptors (Lipinski definition) is 4. The van der Waals surface area contributed by atoms with E-state index in [1.807, 2.05) is 67.6 Å². The molecule has 0 radical (unpaired) electrons. The van der Waals surface area contributed by atoms with Crippen molar-refractivity contribution in [3.8, 4) is 16.9 Å². The number of carbonyl (C=O) groups is 1. The fourth-order valence-corrected chi connectivity index (χ4v) is 6.93. The van der Waals surface area contributed by atoms with Crippen LogP contribution in [0.4, 0.5) is 5.69 Å². The maximum absolute atomic E-state index is 14.6. The third kappa shape index (κ3) is 4.58. The van der Waals surface area contributed by atoms with E-state index in [9.17, 15) is 9.59 Å². The lowest BCUT2D eigenvalue weighted by atomic mass is 9.62. The van der Waals surface area contributed by atoms with Gasteiger partial charge >= 0.3 is 0 Å². The fraction of sp³-hybridized carbons (Fsp3) is 0.281. The first-order chi connectivity index (χ1) is 18.5. The van der Waals surface area contributed by atoms with E-state index in [0.29, 0.717) is 5.16 Å². The van der Waals surface area contributed by atoms with Gasteiger partial charge in [0.25, 0.3) is 5.56 Å². The molecule has 1 saturated carbocycles. The number of amides is 1. The number of benzene rings is 3. The van der Waals surface area contributed by atoms with Crippen molar-refractivity contribution in [2.24, 2.45) is 0 Å². The first-order valence-electron chi connectivity index (χ1n) is 13.3. The highest BCUT2D eigenvalue weighted by molar-refractivity contribution is 7.99. The van der Waals surface area contributed by atoms with Crippen molar-refractivity contribution in [2.45, 2.75) is 56.0 Å². The first-order valence-corrected chi connectivity index (χ1v) is 14.3. The quantitative estimate of drug-likeness (QED) is 0.235. The molecule has 2 aliphatic rings. The molecule has 0 saturated heterocycles. The van der Waals surface area contributed by atoms with Gasteiger partial charge in [0.15, 0.2) is 5.16 Å². The van der Waals surface area contributed by atoms with Crippen molar-refractivity contribution in [3.05, 3.63) is 106 Å². The molecule has 3 aromatic carbocycles. The highest BCUT2D eigenvalue weighted by Crippen LogP contribution is 2.49. The molecule has 1 amide bonds. The molecule has 0 aliphatic heterocycles. The van der Waals surface area contributed by atoms with E-state index in [-0.39, 0.29) is 22.6 Å². The molecule has 1 spiro atoms. The number of aryl methyl sites for hydroxylation is 1. The summed E-state index contributed by atoms with van der Waals surface area (Å²) in [5, 5.41) is 3.49. The lowest BCUT2D eigenvalue weighted by molar-refractivity contribution is -0.113. The molecule has 1 N–H and O–H groups in total. The van der Waals surface area contributed by atoms with Crippen LogP contribution in [0.15, 0.2) is 88.8 Å². The molecular weight excluding hydrogens is 490 g/mol. The van der Waals surface area contributed by atoms with Crippen LogP contribution in [-0.2, 0) is 16.6 Å². The van der Waals surface area contributed by atoms with Gasteiger partial charge in [0, 0.05) is 16.7 Å². The Morgan fingerprint density at radius 2 is 1.74 bits per heavy atom. The normalized spacial score (nSPS) is 15.5. The minimum Gasteiger partial charge on any atom is -0.325 e. The molecule has 2 aliphatic carbocycles. The average molecular weight is 522 g/mol. The van der Waals surface area contributed by atoms with E-state index >= 15 is 0 Å². The van der Waals surface area contributed by atoms with Crippen molar-refractivity contribution >= 4 is 23.4 Å². The van der Waals surface area contributed by atoms with Gasteiger partial charge in [0.1, 0.15) is 0 Å². The Morgan fingerprint density at radius 3 is 2.53 bits per heavy atom. The number of rotatable bonds is 5. The number of hydrogen-bond donors (Lipinski definition) is 1. The summed E-state index contributed by atoms with van der Waals surface area (Å²) in [5.41, 5.74) is 6.39. The smallest absolute Gasteiger partial charge is 0.263 e. The zero-order valence-corrected chi connectivity index (χ0v) is 22.4. The van der Waals surface area contributed by atoms with Gasteiger partial charge in [0.05, 0.1) is 22.7 Å². The summed E-state index contributed by atoms with van der Waals surface area (Å²) < 4.78 is 1.75. The van der Waals surface area contributed by atoms with Crippen molar-refractivity contribution < 1.29 is 4.79 Å². The Kier molecular flexibility index (Phi) is 6.66. The molecule has 6 heteroatoms. The van der Waals surface area contributed by atoms with E-state index in [2.05, 4.69) is 23.5 Å². The molecule has 38 heavy (non-hydrogen) atoms. The van der Waals surface area contributed by atoms with Crippen LogP contribution in [0.5, 0.6) is 0 Å². The number of nitrogens with one attached hydrogen (secondary N) is 1. The Labute approximate surface area is 227 Å². The number of nitrogens with zero attached hydrogens (tertiary/aromatic N) is 2. The van der Waals surface area contributed by atoms with Crippen LogP contribution in [-0.4, -0.2) is 21.2 Å². The summed E-state index contributed by atoms with van der Waals surface area (Å²) >= 11 is 1.31. The van der Waals surface area contributed by atoms with Crippen LogP contribution in [0.25, 0.3) is 16.9 Å². The van der Waals surface area contributed by atoms with Gasteiger partial charge in [-0.2, -0.15) is 0 Å². The molecule has 192 valence electrons. The Hall–Kier alpha value is -3.64. The Morgan fingerprint density at radius 1 is 0.974 bits per heavy atom. The number of anilines is 1. The molecule has 1 aromatic heterocycles. The molecule has 4 aromatic rings. The topological polar surface area (TPSA) is 64.0 Å². The van der Waals surface area contributed by atoms with Gasteiger partial charge in [-0.25, -0.2) is 4.98 Å². The van der Waals surface area contributed by atoms with Gasteiger partial charge in [-0.3, -0.25) is 14.2 Å². The summed E-state index contributed by atoms with van der Waals surface area (Å²) in [6, 6.07) is 25.8. The zero-order valence-electron chi connectivity index (χ0n) is 21.6. The summed E-state index contributed by atoms with van der Waals surface area (Å²) in [5.74, 6) is 0.0201. The summed E-state index contributed by atoms with van der Waals surface area (Å²) in [6.45, 7) is 2.03. The Bertz CT molecular complexity index is 1550. The van der Waals surface area contributed by atoms with Crippen LogP contribution in [0.1, 0.15) is 48.8 Å². The minimum absolute atomic E-state index is 0.00275. The van der Waals surface area contributed by atoms with Gasteiger partial charge in [-0.05, 0) is 61.6 Å². The number of aromatic nitrogens is 2. The van der Waals surface area contributed by atoms with Gasteiger partial charge < -0.3 is 5.32 Å². The van der Waals surface area contributed by atoms with E-state index in [4.69, 9.17) is 4.98 Å². The van der Waals surface area contributed by atoms with E-state index in [1.165, 1.54) is 23.7 Å². The summed E-state index contributed by atoms with van der Waals surface area (Å²) in [7, 11) is 0. The first kappa shape index (κ1) is 24.7. The van der Waals surface area contributed by atoms with Crippen molar-refractivity contribution in [1.82, 2.24) is 9.55 Å². The van der Waals surface area contributed by atoms with Crippen LogP contribution in [0.2, 0.25) is 0 Å². The number of fused-ring (bicyclic) bond motifs is 4. The predicted octanol–water partition coefficient (Wildman–Crippen LogP) is 6.70. The number of carbonyl (C=O) groups excluding carboxylic acids is 1. The number of para-hydroxylation sites is 1. The second-order valence-corrected chi connectivity index (χ2v) is 11.4. The van der Waals surface area contributed by atoms with Crippen LogP contribution >= 0.6 is 11.8 Å². The molecular formula is C32H31N3O2S. The summed E-state index contributed by atoms with van der Waals surface area (Å²) in [4.78, 5) is 32.6. The monoisotopic (exact) mass is 521 g/mol. The highest BCUT2D eigenvalue weighted by atomic mass is 32.2. The lowest BCUT2D eigenvalue weighted by Crippen LogP contribution is -2.43. The largest absolute Gasteiger partial charge is 0.325 e. The highest BCUT2D eigenvalue weighted by Gasteiger charge is 2.43. The molecule has 5 nitrogen and oxygen atoms in total. The molecule has 0 atom stereocenters. The lowest BCUT2D eigenvalue weighted by Gasteiger charge is -2.42. The molecule has 6 rings (SSSR count). The summed E-state index contributed by atoms with van der Waals surface area (Å²) in [6.07, 6.45) is 6.36. The van der Waals surface area contributed by atoms with Crippen molar-refractivity contribution in [1.29, 1.82) is 0 Å². The van der Waals surface area contributed by atoms with Crippen molar-refractivity contribution in [2.75, 3.05) is 11.1 Å². The maximum atomic E-state index is 14.6. The average Bonchev–Trinajstić information content (AvgIpc) is 2.93. The van der Waals surface area contributed by atoms with Crippen LogP contribution < -0.4 is 10.9 Å². The molecule has 0 unspecified atom stereocenters. The number of thioether (sulfide) groups is 1. The van der Waals surface area contributed by atoms with Gasteiger partial charge in [-0.1, -0.05) is 85.6 Å². The zero-order chi connectivity index (χ0) is 26.1. The second-order valence-electron chi connectivity index (χ2n) is 10.5. The van der Waals surface area contributed by atoms with Crippen LogP contribution in [0.3, 0.4) is 0 Å². The Balaban J connectivity index is 1.49. The fourth-order valence-electron chi connectivity index (χ4n) is 6.13.